The first-order chi connectivity index (χ1) is 14.4. The largest absolute Gasteiger partial charge is 0.338 e. The van der Waals surface area contributed by atoms with E-state index in [4.69, 9.17) is 4.98 Å². The maximum Gasteiger partial charge on any atom is 0.246 e. The van der Waals surface area contributed by atoms with Gasteiger partial charge in [-0.25, -0.2) is 15.0 Å². The van der Waals surface area contributed by atoms with Crippen LogP contribution in [0, 0.1) is 28.6 Å². The fraction of sp³-hybridized carbons (Fsp3) is 0.667. The second-order valence-corrected chi connectivity index (χ2v) is 10.7. The lowest BCUT2D eigenvalue weighted by molar-refractivity contribution is -0.138. The van der Waals surface area contributed by atoms with Crippen molar-refractivity contribution >= 4 is 17.1 Å². The first-order valence-electron chi connectivity index (χ1n) is 11.5. The van der Waals surface area contributed by atoms with Crippen LogP contribution in [0.2, 0.25) is 0 Å². The van der Waals surface area contributed by atoms with Crippen LogP contribution in [0.4, 0.5) is 0 Å². The van der Waals surface area contributed by atoms with Gasteiger partial charge in [0.05, 0.1) is 6.20 Å². The van der Waals surface area contributed by atoms with Crippen LogP contribution < -0.4 is 0 Å². The van der Waals surface area contributed by atoms with Gasteiger partial charge in [0, 0.05) is 24.4 Å². The summed E-state index contributed by atoms with van der Waals surface area (Å²) in [6.45, 7) is 4.94. The van der Waals surface area contributed by atoms with E-state index in [1.165, 1.54) is 32.1 Å². The number of carbonyl (C=O) groups is 1. The molecule has 6 heteroatoms. The van der Waals surface area contributed by atoms with Crippen molar-refractivity contribution in [3.05, 3.63) is 30.5 Å². The van der Waals surface area contributed by atoms with Crippen molar-refractivity contribution in [3.63, 3.8) is 0 Å². The van der Waals surface area contributed by atoms with Crippen molar-refractivity contribution in [2.75, 3.05) is 7.05 Å². The summed E-state index contributed by atoms with van der Waals surface area (Å²) in [6, 6.07) is 0.353. The van der Waals surface area contributed by atoms with E-state index in [2.05, 4.69) is 34.9 Å². The number of nitrogens with zero attached hydrogens (tertiary/aromatic N) is 4. The molecule has 6 rings (SSSR count). The van der Waals surface area contributed by atoms with Gasteiger partial charge in [-0.05, 0) is 67.8 Å². The predicted octanol–water partition coefficient (Wildman–Crippen LogP) is 4.08. The standard InChI is InChI=1S/C24H31N5O/c1-23-10-8-16-14(4-7-19-24(16,2)11-9-20(30)29(19)3)15(23)5-6-17(23)21-27-18-12-25-13-26-22(18)28-21/h9,11-17,19H,4-8,10H2,1-3H3,(H,25,26,27,28)/t14-,15-,16-,17+,19+,23-,24+/m0/s1. The van der Waals surface area contributed by atoms with E-state index >= 15 is 0 Å². The van der Waals surface area contributed by atoms with Gasteiger partial charge < -0.3 is 9.88 Å². The molecule has 0 saturated heterocycles. The molecule has 0 bridgehead atoms. The summed E-state index contributed by atoms with van der Waals surface area (Å²) in [4.78, 5) is 31.2. The molecule has 2 aromatic heterocycles. The normalized spacial score (nSPS) is 42.8. The van der Waals surface area contributed by atoms with Crippen LogP contribution in [0.1, 0.15) is 64.1 Å². The molecule has 2 aromatic rings. The third-order valence-electron chi connectivity index (χ3n) is 9.64. The minimum absolute atomic E-state index is 0.111. The van der Waals surface area contributed by atoms with Gasteiger partial charge in [-0.3, -0.25) is 4.79 Å². The van der Waals surface area contributed by atoms with Crippen molar-refractivity contribution in [1.82, 2.24) is 24.8 Å². The smallest absolute Gasteiger partial charge is 0.246 e. The molecule has 30 heavy (non-hydrogen) atoms. The summed E-state index contributed by atoms with van der Waals surface area (Å²) in [7, 11) is 2.00. The number of H-pyrrole nitrogens is 1. The van der Waals surface area contributed by atoms with Crippen molar-refractivity contribution in [3.8, 4) is 0 Å². The Hall–Kier alpha value is -2.24. The molecular formula is C24H31N5O. The predicted molar refractivity (Wildman–Crippen MR) is 115 cm³/mol. The van der Waals surface area contributed by atoms with Crippen LogP contribution in [0.15, 0.2) is 24.7 Å². The minimum Gasteiger partial charge on any atom is -0.338 e. The monoisotopic (exact) mass is 405 g/mol. The van der Waals surface area contributed by atoms with E-state index in [9.17, 15) is 4.79 Å². The lowest BCUT2D eigenvalue weighted by Gasteiger charge is -2.60. The molecule has 3 fully saturated rings. The fourth-order valence-corrected chi connectivity index (χ4v) is 8.13. The molecule has 3 saturated carbocycles. The number of hydrogen-bond acceptors (Lipinski definition) is 4. The Kier molecular flexibility index (Phi) is 3.79. The highest BCUT2D eigenvalue weighted by atomic mass is 16.2. The van der Waals surface area contributed by atoms with Crippen molar-refractivity contribution in [2.24, 2.45) is 28.6 Å². The van der Waals surface area contributed by atoms with Gasteiger partial charge >= 0.3 is 0 Å². The van der Waals surface area contributed by atoms with Crippen molar-refractivity contribution in [2.45, 2.75) is 64.3 Å². The van der Waals surface area contributed by atoms with Gasteiger partial charge in [0.15, 0.2) is 5.65 Å². The van der Waals surface area contributed by atoms with Gasteiger partial charge in [0.25, 0.3) is 0 Å². The molecule has 0 unspecified atom stereocenters. The summed E-state index contributed by atoms with van der Waals surface area (Å²) >= 11 is 0. The first kappa shape index (κ1) is 18.5. The van der Waals surface area contributed by atoms with Crippen LogP contribution in [0.3, 0.4) is 0 Å². The molecule has 158 valence electrons. The number of nitrogens with one attached hydrogen (secondary N) is 1. The number of rotatable bonds is 1. The highest BCUT2D eigenvalue weighted by Crippen LogP contribution is 2.67. The molecule has 1 aliphatic heterocycles. The summed E-state index contributed by atoms with van der Waals surface area (Å²) in [5, 5.41) is 0. The Bertz CT molecular complexity index is 1010. The maximum absolute atomic E-state index is 12.3. The Labute approximate surface area is 177 Å². The van der Waals surface area contributed by atoms with E-state index in [1.54, 1.807) is 6.33 Å². The number of fused-ring (bicyclic) bond motifs is 6. The van der Waals surface area contributed by atoms with Crippen LogP contribution in [0.25, 0.3) is 11.2 Å². The molecule has 0 radical (unpaired) electrons. The molecule has 4 aliphatic rings. The lowest BCUT2D eigenvalue weighted by Crippen LogP contribution is -2.59. The molecule has 1 amide bonds. The second-order valence-electron chi connectivity index (χ2n) is 10.7. The quantitative estimate of drug-likeness (QED) is 0.776. The zero-order valence-electron chi connectivity index (χ0n) is 18.1. The van der Waals surface area contributed by atoms with Gasteiger partial charge in [-0.2, -0.15) is 0 Å². The Morgan fingerprint density at radius 1 is 1.13 bits per heavy atom. The summed E-state index contributed by atoms with van der Waals surface area (Å²) < 4.78 is 0. The lowest BCUT2D eigenvalue weighted by atomic mass is 9.47. The van der Waals surface area contributed by atoms with Crippen LogP contribution >= 0.6 is 0 Å². The van der Waals surface area contributed by atoms with Crippen molar-refractivity contribution in [1.29, 1.82) is 0 Å². The molecule has 6 nitrogen and oxygen atoms in total. The van der Waals surface area contributed by atoms with Gasteiger partial charge in [-0.1, -0.05) is 19.9 Å². The summed E-state index contributed by atoms with van der Waals surface area (Å²) in [5.74, 6) is 3.89. The number of hydrogen-bond donors (Lipinski definition) is 1. The average molecular weight is 406 g/mol. The van der Waals surface area contributed by atoms with E-state index in [1.807, 2.05) is 24.2 Å². The number of aromatic nitrogens is 4. The van der Waals surface area contributed by atoms with Crippen LogP contribution in [-0.4, -0.2) is 43.8 Å². The van der Waals surface area contributed by atoms with Crippen LogP contribution in [0.5, 0.6) is 0 Å². The average Bonchev–Trinajstić information content (AvgIpc) is 3.31. The van der Waals surface area contributed by atoms with Gasteiger partial charge in [0.1, 0.15) is 17.7 Å². The highest BCUT2D eigenvalue weighted by molar-refractivity contribution is 5.89. The van der Waals surface area contributed by atoms with E-state index in [0.29, 0.717) is 17.9 Å². The zero-order valence-corrected chi connectivity index (χ0v) is 18.1. The van der Waals surface area contributed by atoms with Gasteiger partial charge in [0.2, 0.25) is 5.91 Å². The number of imidazole rings is 1. The topological polar surface area (TPSA) is 74.8 Å². The number of likely N-dealkylation sites (N-methyl/N-ethyl adjacent to an activating group) is 1. The third-order valence-corrected chi connectivity index (χ3v) is 9.64. The Morgan fingerprint density at radius 2 is 2.00 bits per heavy atom. The first-order valence-corrected chi connectivity index (χ1v) is 11.5. The zero-order chi connectivity index (χ0) is 20.7. The third kappa shape index (κ3) is 2.31. The molecular weight excluding hydrogens is 374 g/mol. The highest BCUT2D eigenvalue weighted by Gasteiger charge is 2.60. The van der Waals surface area contributed by atoms with Gasteiger partial charge in [-0.15, -0.1) is 0 Å². The molecule has 1 N–H and O–H groups in total. The molecule has 3 heterocycles. The maximum atomic E-state index is 12.3. The second kappa shape index (κ2) is 6.14. The van der Waals surface area contributed by atoms with Crippen LogP contribution in [-0.2, 0) is 4.79 Å². The number of aromatic amines is 1. The fourth-order valence-electron chi connectivity index (χ4n) is 8.13. The Balaban J connectivity index is 1.34. The minimum atomic E-state index is 0.111. The molecule has 7 atom stereocenters. The molecule has 3 aliphatic carbocycles. The number of amides is 1. The number of carbonyl (C=O) groups excluding carboxylic acids is 1. The summed E-state index contributed by atoms with van der Waals surface area (Å²) in [6.07, 6.45) is 14.8. The van der Waals surface area contributed by atoms with E-state index < -0.39 is 0 Å². The van der Waals surface area contributed by atoms with Crippen molar-refractivity contribution < 1.29 is 4.79 Å². The molecule has 0 spiro atoms. The molecule has 0 aromatic carbocycles. The van der Waals surface area contributed by atoms with E-state index in [0.717, 1.165) is 35.2 Å². The SMILES string of the molecule is CN1C(=O)C=C[C@]2(C)[C@H]3CC[C@]4(C)[C@@H](c5nc6cncnc6[nH]5)CC[C@H]4[C@@H]3CC[C@@H]12. The Morgan fingerprint density at radius 3 is 2.83 bits per heavy atom. The van der Waals surface area contributed by atoms with E-state index in [-0.39, 0.29) is 16.7 Å². The summed E-state index contributed by atoms with van der Waals surface area (Å²) in [5.41, 5.74) is 2.13.